The Balaban J connectivity index is 2.30. The number of hydrogen-bond acceptors (Lipinski definition) is 7. The topological polar surface area (TPSA) is 129 Å². The summed E-state index contributed by atoms with van der Waals surface area (Å²) in [5.74, 6) is -0.909. The van der Waals surface area contributed by atoms with Gasteiger partial charge >= 0.3 is 0 Å². The zero-order chi connectivity index (χ0) is 18.7. The first-order valence-corrected chi connectivity index (χ1v) is 8.27. The second-order valence-electron chi connectivity index (χ2n) is 5.66. The maximum Gasteiger partial charge on any atom is 0.234 e. The molecule has 25 heavy (non-hydrogen) atoms. The van der Waals surface area contributed by atoms with E-state index in [2.05, 4.69) is 16.0 Å². The maximum atomic E-state index is 12.0. The second-order valence-corrected chi connectivity index (χ2v) is 5.66. The third-order valence-corrected chi connectivity index (χ3v) is 3.61. The first kappa shape index (κ1) is 21.3. The first-order valence-electron chi connectivity index (χ1n) is 8.27. The van der Waals surface area contributed by atoms with E-state index in [0.717, 1.165) is 6.42 Å². The molecule has 1 fully saturated rings. The highest BCUT2D eigenvalue weighted by Crippen LogP contribution is 2.14. The Labute approximate surface area is 147 Å². The van der Waals surface area contributed by atoms with Gasteiger partial charge in [-0.1, -0.05) is 0 Å². The lowest BCUT2D eigenvalue weighted by atomic mass is 10.1. The van der Waals surface area contributed by atoms with E-state index in [1.54, 1.807) is 0 Å². The van der Waals surface area contributed by atoms with E-state index in [-0.39, 0.29) is 50.5 Å². The molecule has 0 saturated carbocycles. The van der Waals surface area contributed by atoms with Crippen molar-refractivity contribution >= 4 is 17.7 Å². The molecule has 1 aliphatic rings. The number of aliphatic hydroxyl groups excluding tert-OH is 1. The molecule has 10 nitrogen and oxygen atoms in total. The van der Waals surface area contributed by atoms with Gasteiger partial charge in [0.2, 0.25) is 17.7 Å². The number of ether oxygens (including phenoxy) is 2. The molecule has 0 radical (unpaired) electrons. The lowest BCUT2D eigenvalue weighted by molar-refractivity contribution is -0.213. The van der Waals surface area contributed by atoms with Crippen LogP contribution in [0.15, 0.2) is 0 Å². The van der Waals surface area contributed by atoms with Crippen LogP contribution in [-0.4, -0.2) is 93.6 Å². The highest BCUT2D eigenvalue weighted by atomic mass is 16.7. The van der Waals surface area contributed by atoms with Crippen molar-refractivity contribution in [3.63, 3.8) is 0 Å². The molecule has 1 saturated heterocycles. The van der Waals surface area contributed by atoms with Crippen molar-refractivity contribution in [2.45, 2.75) is 25.2 Å². The molecule has 2 atom stereocenters. The minimum atomic E-state index is -0.663. The maximum absolute atomic E-state index is 12.0. The fourth-order valence-corrected chi connectivity index (χ4v) is 2.25. The predicted molar refractivity (Wildman–Crippen MR) is 88.5 cm³/mol. The van der Waals surface area contributed by atoms with Crippen LogP contribution < -0.4 is 16.0 Å². The highest BCUT2D eigenvalue weighted by molar-refractivity contribution is 5.83. The molecule has 10 heteroatoms. The number of rotatable bonds is 10. The Morgan fingerprint density at radius 2 is 1.72 bits per heavy atom. The average molecular weight is 360 g/mol. The van der Waals surface area contributed by atoms with Gasteiger partial charge in [0.15, 0.2) is 6.29 Å². The minimum Gasteiger partial charge on any atom is -0.388 e. The van der Waals surface area contributed by atoms with Crippen molar-refractivity contribution < 1.29 is 29.0 Å². The van der Waals surface area contributed by atoms with Crippen LogP contribution in [0, 0.1) is 0 Å². The Bertz CT molecular complexity index is 430. The van der Waals surface area contributed by atoms with Crippen molar-refractivity contribution in [3.05, 3.63) is 0 Å². The molecule has 1 rings (SSSR count). The van der Waals surface area contributed by atoms with E-state index in [1.165, 1.54) is 19.0 Å². The SMILES string of the molecule is CNC(=O)CN(CC(=O)NC)CC(=O)NCCO[C@@H]1OCCC[C@@H]1O. The van der Waals surface area contributed by atoms with E-state index in [4.69, 9.17) is 9.47 Å². The Kier molecular flexibility index (Phi) is 10.0. The van der Waals surface area contributed by atoms with Crippen LogP contribution in [0.1, 0.15) is 12.8 Å². The van der Waals surface area contributed by atoms with Gasteiger partial charge < -0.3 is 30.5 Å². The molecule has 1 aliphatic heterocycles. The van der Waals surface area contributed by atoms with Crippen molar-refractivity contribution in [1.29, 1.82) is 0 Å². The van der Waals surface area contributed by atoms with Crippen molar-refractivity contribution in [2.24, 2.45) is 0 Å². The number of nitrogens with one attached hydrogen (secondary N) is 3. The number of nitrogens with zero attached hydrogens (tertiary/aromatic N) is 1. The van der Waals surface area contributed by atoms with Gasteiger partial charge in [-0.2, -0.15) is 0 Å². The third-order valence-electron chi connectivity index (χ3n) is 3.61. The largest absolute Gasteiger partial charge is 0.388 e. The van der Waals surface area contributed by atoms with E-state index >= 15 is 0 Å². The van der Waals surface area contributed by atoms with Gasteiger partial charge in [-0.15, -0.1) is 0 Å². The summed E-state index contributed by atoms with van der Waals surface area (Å²) in [5.41, 5.74) is 0. The summed E-state index contributed by atoms with van der Waals surface area (Å²) >= 11 is 0. The van der Waals surface area contributed by atoms with Crippen LogP contribution in [-0.2, 0) is 23.9 Å². The summed E-state index contributed by atoms with van der Waals surface area (Å²) in [4.78, 5) is 36.3. The molecule has 1 heterocycles. The zero-order valence-electron chi connectivity index (χ0n) is 14.7. The van der Waals surface area contributed by atoms with Gasteiger partial charge in [0.05, 0.1) is 26.2 Å². The van der Waals surface area contributed by atoms with Gasteiger partial charge in [-0.05, 0) is 12.8 Å². The fourth-order valence-electron chi connectivity index (χ4n) is 2.25. The van der Waals surface area contributed by atoms with Crippen LogP contribution in [0.3, 0.4) is 0 Å². The minimum absolute atomic E-state index is 0.0596. The average Bonchev–Trinajstić information content (AvgIpc) is 2.59. The normalized spacial score (nSPS) is 20.2. The number of hydrogen-bond donors (Lipinski definition) is 4. The highest BCUT2D eigenvalue weighted by Gasteiger charge is 2.24. The molecule has 0 aromatic carbocycles. The van der Waals surface area contributed by atoms with E-state index in [9.17, 15) is 19.5 Å². The van der Waals surface area contributed by atoms with Gasteiger partial charge in [0.1, 0.15) is 6.10 Å². The van der Waals surface area contributed by atoms with Gasteiger partial charge in [-0.3, -0.25) is 19.3 Å². The van der Waals surface area contributed by atoms with Gasteiger partial charge in [-0.25, -0.2) is 0 Å². The zero-order valence-corrected chi connectivity index (χ0v) is 14.7. The number of carbonyl (C=O) groups excluding carboxylic acids is 3. The summed E-state index contributed by atoms with van der Waals surface area (Å²) in [6, 6.07) is 0. The summed E-state index contributed by atoms with van der Waals surface area (Å²) < 4.78 is 10.7. The predicted octanol–water partition coefficient (Wildman–Crippen LogP) is -2.59. The van der Waals surface area contributed by atoms with Crippen LogP contribution >= 0.6 is 0 Å². The van der Waals surface area contributed by atoms with Crippen molar-refractivity contribution in [3.8, 4) is 0 Å². The second kappa shape index (κ2) is 11.7. The van der Waals surface area contributed by atoms with Gasteiger partial charge in [0.25, 0.3) is 0 Å². The molecule has 0 aromatic heterocycles. The number of amides is 3. The summed E-state index contributed by atoms with van der Waals surface area (Å²) in [6.07, 6.45) is 0.110. The molecular formula is C15H28N4O6. The smallest absolute Gasteiger partial charge is 0.234 e. The monoisotopic (exact) mass is 360 g/mol. The van der Waals surface area contributed by atoms with Crippen LogP contribution in [0.25, 0.3) is 0 Å². The van der Waals surface area contributed by atoms with E-state index < -0.39 is 12.4 Å². The standard InChI is InChI=1S/C15H28N4O6/c1-16-12(21)8-19(9-13(22)17-2)10-14(23)18-5-7-25-15-11(20)4-3-6-24-15/h11,15,20H,3-10H2,1-2H3,(H,16,21)(H,17,22)(H,18,23)/t11-,15-/m0/s1. The Morgan fingerprint density at radius 3 is 2.28 bits per heavy atom. The van der Waals surface area contributed by atoms with Crippen LogP contribution in [0.2, 0.25) is 0 Å². The summed E-state index contributed by atoms with van der Waals surface area (Å²) in [7, 11) is 2.97. The summed E-state index contributed by atoms with van der Waals surface area (Å²) in [5, 5.41) is 17.2. The molecule has 0 spiro atoms. The molecule has 3 amide bonds. The van der Waals surface area contributed by atoms with E-state index in [0.29, 0.717) is 13.0 Å². The number of carbonyl (C=O) groups is 3. The molecule has 144 valence electrons. The quantitative estimate of drug-likeness (QED) is 0.315. The lowest BCUT2D eigenvalue weighted by Gasteiger charge is -2.27. The molecule has 0 bridgehead atoms. The third kappa shape index (κ3) is 8.77. The molecule has 0 unspecified atom stereocenters. The lowest BCUT2D eigenvalue weighted by Crippen LogP contribution is -2.46. The van der Waals surface area contributed by atoms with Crippen LogP contribution in [0.4, 0.5) is 0 Å². The van der Waals surface area contributed by atoms with Crippen LogP contribution in [0.5, 0.6) is 0 Å². The number of likely N-dealkylation sites (N-methyl/N-ethyl adjacent to an activating group) is 2. The molecular weight excluding hydrogens is 332 g/mol. The first-order chi connectivity index (χ1) is 12.0. The number of aliphatic hydroxyl groups is 1. The molecule has 0 aromatic rings. The Hall–Kier alpha value is -1.75. The van der Waals surface area contributed by atoms with Crippen molar-refractivity contribution in [2.75, 3.05) is 53.5 Å². The molecule has 4 N–H and O–H groups in total. The Morgan fingerprint density at radius 1 is 1.12 bits per heavy atom. The van der Waals surface area contributed by atoms with Gasteiger partial charge in [0, 0.05) is 27.2 Å². The fraction of sp³-hybridized carbons (Fsp3) is 0.800. The van der Waals surface area contributed by atoms with Crippen molar-refractivity contribution in [1.82, 2.24) is 20.9 Å². The molecule has 0 aliphatic carbocycles. The summed E-state index contributed by atoms with van der Waals surface area (Å²) in [6.45, 7) is 0.759. The van der Waals surface area contributed by atoms with E-state index in [1.807, 2.05) is 0 Å².